The van der Waals surface area contributed by atoms with E-state index in [0.29, 0.717) is 12.6 Å². The minimum atomic E-state index is 0.351. The zero-order valence-electron chi connectivity index (χ0n) is 13.9. The summed E-state index contributed by atoms with van der Waals surface area (Å²) < 4.78 is 0. The molecule has 1 unspecified atom stereocenters. The molecule has 0 aliphatic heterocycles. The van der Waals surface area contributed by atoms with Crippen molar-refractivity contribution >= 4 is 0 Å². The van der Waals surface area contributed by atoms with Gasteiger partial charge in [0.1, 0.15) is 0 Å². The molecule has 0 radical (unpaired) electrons. The van der Waals surface area contributed by atoms with Crippen LogP contribution in [0.5, 0.6) is 0 Å². The fourth-order valence-electron chi connectivity index (χ4n) is 2.97. The third-order valence-electron chi connectivity index (χ3n) is 4.35. The van der Waals surface area contributed by atoms with E-state index in [1.54, 1.807) is 0 Å². The molecule has 0 spiro atoms. The van der Waals surface area contributed by atoms with Crippen LogP contribution in [0, 0.1) is 0 Å². The number of hydrogen-bond acceptors (Lipinski definition) is 3. The summed E-state index contributed by atoms with van der Waals surface area (Å²) >= 11 is 0. The maximum atomic E-state index is 6.13. The zero-order valence-corrected chi connectivity index (χ0v) is 13.9. The minimum Gasteiger partial charge on any atom is -0.329 e. The molecule has 1 saturated carbocycles. The van der Waals surface area contributed by atoms with Crippen molar-refractivity contribution in [2.75, 3.05) is 40.3 Å². The van der Waals surface area contributed by atoms with E-state index in [9.17, 15) is 0 Å². The largest absolute Gasteiger partial charge is 0.329 e. The monoisotopic (exact) mass is 289 g/mol. The summed E-state index contributed by atoms with van der Waals surface area (Å²) in [6.45, 7) is 6.22. The maximum Gasteiger partial charge on any atom is 0.0471 e. The Kier molecular flexibility index (Phi) is 6.22. The molecule has 2 N–H and O–H groups in total. The van der Waals surface area contributed by atoms with Crippen molar-refractivity contribution in [3.8, 4) is 0 Å². The Hall–Kier alpha value is -0.900. The van der Waals surface area contributed by atoms with Crippen molar-refractivity contribution in [1.29, 1.82) is 0 Å². The Bertz CT molecular complexity index is 426. The van der Waals surface area contributed by atoms with Crippen molar-refractivity contribution in [1.82, 2.24) is 9.80 Å². The molecule has 3 nitrogen and oxygen atoms in total. The normalized spacial score (nSPS) is 16.7. The molecule has 1 fully saturated rings. The average molecular weight is 289 g/mol. The molecule has 0 aromatic heterocycles. The molecule has 1 aromatic rings. The summed E-state index contributed by atoms with van der Waals surface area (Å²) in [5.74, 6) is 0.810. The Morgan fingerprint density at radius 3 is 2.52 bits per heavy atom. The quantitative estimate of drug-likeness (QED) is 0.759. The highest BCUT2D eigenvalue weighted by atomic mass is 15.2. The van der Waals surface area contributed by atoms with Crippen LogP contribution in [0.4, 0.5) is 0 Å². The number of rotatable bonds is 9. The van der Waals surface area contributed by atoms with Crippen LogP contribution in [-0.2, 0) is 0 Å². The van der Waals surface area contributed by atoms with Crippen LogP contribution < -0.4 is 5.73 Å². The van der Waals surface area contributed by atoms with Gasteiger partial charge in [-0.15, -0.1) is 0 Å². The Morgan fingerprint density at radius 2 is 1.95 bits per heavy atom. The molecule has 0 amide bonds. The van der Waals surface area contributed by atoms with Crippen molar-refractivity contribution in [3.05, 3.63) is 35.4 Å². The Morgan fingerprint density at radius 1 is 1.19 bits per heavy atom. The first-order chi connectivity index (χ1) is 10.2. The van der Waals surface area contributed by atoms with E-state index in [-0.39, 0.29) is 0 Å². The summed E-state index contributed by atoms with van der Waals surface area (Å²) in [6.07, 6.45) is 3.89. The smallest absolute Gasteiger partial charge is 0.0471 e. The van der Waals surface area contributed by atoms with Crippen LogP contribution in [-0.4, -0.2) is 50.1 Å². The molecule has 0 bridgehead atoms. The van der Waals surface area contributed by atoms with Crippen molar-refractivity contribution in [3.63, 3.8) is 0 Å². The van der Waals surface area contributed by atoms with Gasteiger partial charge in [-0.25, -0.2) is 0 Å². The first kappa shape index (κ1) is 16.5. The van der Waals surface area contributed by atoms with E-state index in [4.69, 9.17) is 5.73 Å². The number of nitrogens with zero attached hydrogens (tertiary/aromatic N) is 2. The molecular formula is C18H31N3. The lowest BCUT2D eigenvalue weighted by Gasteiger charge is -2.32. The number of hydrogen-bond donors (Lipinski definition) is 1. The highest BCUT2D eigenvalue weighted by Crippen LogP contribution is 2.40. The molecule has 3 heteroatoms. The lowest BCUT2D eigenvalue weighted by molar-refractivity contribution is 0.182. The number of nitrogens with two attached hydrogens (primary N) is 1. The number of likely N-dealkylation sites (N-methyl/N-ethyl adjacent to an activating group) is 1. The van der Waals surface area contributed by atoms with Crippen LogP contribution in [0.15, 0.2) is 24.3 Å². The van der Waals surface area contributed by atoms with E-state index in [1.165, 1.54) is 30.4 Å². The second-order valence-electron chi connectivity index (χ2n) is 6.54. The number of benzene rings is 1. The van der Waals surface area contributed by atoms with Crippen molar-refractivity contribution in [2.45, 2.75) is 38.1 Å². The van der Waals surface area contributed by atoms with Crippen molar-refractivity contribution in [2.24, 2.45) is 5.73 Å². The first-order valence-electron chi connectivity index (χ1n) is 8.34. The lowest BCUT2D eigenvalue weighted by atomic mass is 10.00. The Balaban J connectivity index is 2.12. The van der Waals surface area contributed by atoms with Crippen LogP contribution in [0.25, 0.3) is 0 Å². The second kappa shape index (κ2) is 7.92. The molecule has 1 aliphatic rings. The highest BCUT2D eigenvalue weighted by molar-refractivity contribution is 5.31. The molecule has 1 aliphatic carbocycles. The molecule has 1 aromatic carbocycles. The minimum absolute atomic E-state index is 0.351. The van der Waals surface area contributed by atoms with Gasteiger partial charge in [0.15, 0.2) is 0 Å². The van der Waals surface area contributed by atoms with Gasteiger partial charge in [-0.2, -0.15) is 0 Å². The van der Waals surface area contributed by atoms with E-state index in [1.807, 2.05) is 0 Å². The van der Waals surface area contributed by atoms with Gasteiger partial charge in [0, 0.05) is 25.7 Å². The molecule has 118 valence electrons. The van der Waals surface area contributed by atoms with E-state index in [2.05, 4.69) is 55.1 Å². The van der Waals surface area contributed by atoms with E-state index in [0.717, 1.165) is 25.6 Å². The van der Waals surface area contributed by atoms with Gasteiger partial charge in [-0.1, -0.05) is 31.2 Å². The molecule has 0 heterocycles. The van der Waals surface area contributed by atoms with Gasteiger partial charge >= 0.3 is 0 Å². The second-order valence-corrected chi connectivity index (χ2v) is 6.54. The van der Waals surface area contributed by atoms with E-state index < -0.39 is 0 Å². The van der Waals surface area contributed by atoms with Crippen LogP contribution in [0.2, 0.25) is 0 Å². The topological polar surface area (TPSA) is 32.5 Å². The van der Waals surface area contributed by atoms with Gasteiger partial charge in [-0.3, -0.25) is 4.90 Å². The summed E-state index contributed by atoms with van der Waals surface area (Å²) in [5, 5.41) is 0. The predicted molar refractivity (Wildman–Crippen MR) is 90.6 cm³/mol. The molecular weight excluding hydrogens is 258 g/mol. The fraction of sp³-hybridized carbons (Fsp3) is 0.667. The highest BCUT2D eigenvalue weighted by Gasteiger charge is 2.25. The lowest BCUT2D eigenvalue weighted by Crippen LogP contribution is -2.38. The van der Waals surface area contributed by atoms with Gasteiger partial charge in [0.2, 0.25) is 0 Å². The third-order valence-corrected chi connectivity index (χ3v) is 4.35. The molecule has 2 rings (SSSR count). The summed E-state index contributed by atoms with van der Waals surface area (Å²) in [6, 6.07) is 9.49. The molecule has 21 heavy (non-hydrogen) atoms. The van der Waals surface area contributed by atoms with Gasteiger partial charge < -0.3 is 10.6 Å². The zero-order chi connectivity index (χ0) is 15.2. The van der Waals surface area contributed by atoms with Gasteiger partial charge in [0.05, 0.1) is 0 Å². The van der Waals surface area contributed by atoms with Crippen LogP contribution in [0.1, 0.15) is 49.3 Å². The molecule has 0 saturated heterocycles. The average Bonchev–Trinajstić information content (AvgIpc) is 3.30. The Labute approximate surface area is 130 Å². The maximum absolute atomic E-state index is 6.13. The standard InChI is InChI=1S/C18H31N3/c1-4-10-21(12-11-20(2)3)18(14-19)17-7-5-6-16(13-17)15-8-9-15/h5-7,13,15,18H,4,8-12,14,19H2,1-3H3. The van der Waals surface area contributed by atoms with Crippen LogP contribution in [0.3, 0.4) is 0 Å². The molecule has 1 atom stereocenters. The van der Waals surface area contributed by atoms with E-state index >= 15 is 0 Å². The van der Waals surface area contributed by atoms with Crippen molar-refractivity contribution < 1.29 is 0 Å². The summed E-state index contributed by atoms with van der Waals surface area (Å²) in [5.41, 5.74) is 9.04. The van der Waals surface area contributed by atoms with Gasteiger partial charge in [-0.05, 0) is 56.9 Å². The fourth-order valence-corrected chi connectivity index (χ4v) is 2.97. The third kappa shape index (κ3) is 4.80. The SMILES string of the molecule is CCCN(CCN(C)C)C(CN)c1cccc(C2CC2)c1. The first-order valence-corrected chi connectivity index (χ1v) is 8.34. The predicted octanol–water partition coefficient (Wildman–Crippen LogP) is 2.84. The summed E-state index contributed by atoms with van der Waals surface area (Å²) in [4.78, 5) is 4.79. The van der Waals surface area contributed by atoms with Crippen LogP contribution >= 0.6 is 0 Å². The van der Waals surface area contributed by atoms with Gasteiger partial charge in [0.25, 0.3) is 0 Å². The summed E-state index contributed by atoms with van der Waals surface area (Å²) in [7, 11) is 4.27.